The fourth-order valence-corrected chi connectivity index (χ4v) is 3.93. The molecular weight excluding hydrogens is 356 g/mol. The molecule has 1 aromatic carbocycles. The largest absolute Gasteiger partial charge is 0.294 e. The van der Waals surface area contributed by atoms with Crippen molar-refractivity contribution in [2.75, 3.05) is 11.4 Å². The van der Waals surface area contributed by atoms with Crippen molar-refractivity contribution < 1.29 is 9.59 Å². The normalized spacial score (nSPS) is 11.0. The second-order valence-corrected chi connectivity index (χ2v) is 8.24. The van der Waals surface area contributed by atoms with E-state index >= 15 is 0 Å². The van der Waals surface area contributed by atoms with Gasteiger partial charge >= 0.3 is 0 Å². The molecule has 0 unspecified atom stereocenters. The average molecular weight is 387 g/mol. The Balaban J connectivity index is 2.10. The SMILES string of the molecule is CCCCN(C(=O)CCc1ccc(C(C)C)cc1)c1nc(C)c(C(C)=O)s1. The molecule has 4 nitrogen and oxygen atoms in total. The molecule has 2 rings (SSSR count). The van der Waals surface area contributed by atoms with Crippen LogP contribution in [0, 0.1) is 6.92 Å². The van der Waals surface area contributed by atoms with Crippen molar-refractivity contribution in [1.82, 2.24) is 4.98 Å². The minimum atomic E-state index is 0.00406. The molecule has 0 saturated heterocycles. The maximum Gasteiger partial charge on any atom is 0.229 e. The Hall–Kier alpha value is -2.01. The highest BCUT2D eigenvalue weighted by Crippen LogP contribution is 2.27. The van der Waals surface area contributed by atoms with Crippen LogP contribution >= 0.6 is 11.3 Å². The van der Waals surface area contributed by atoms with Gasteiger partial charge < -0.3 is 0 Å². The van der Waals surface area contributed by atoms with Gasteiger partial charge in [-0.05, 0) is 36.8 Å². The Morgan fingerprint density at radius 2 is 1.85 bits per heavy atom. The molecule has 0 saturated carbocycles. The van der Waals surface area contributed by atoms with Gasteiger partial charge in [-0.1, -0.05) is 62.8 Å². The molecule has 0 aliphatic heterocycles. The summed E-state index contributed by atoms with van der Waals surface area (Å²) < 4.78 is 0. The van der Waals surface area contributed by atoms with E-state index in [-0.39, 0.29) is 11.7 Å². The molecule has 146 valence electrons. The Kier molecular flexibility index (Phi) is 7.72. The quantitative estimate of drug-likeness (QED) is 0.531. The fourth-order valence-electron chi connectivity index (χ4n) is 2.92. The molecule has 27 heavy (non-hydrogen) atoms. The molecule has 1 aromatic heterocycles. The topological polar surface area (TPSA) is 50.3 Å². The highest BCUT2D eigenvalue weighted by molar-refractivity contribution is 7.17. The zero-order valence-corrected chi connectivity index (χ0v) is 17.9. The number of rotatable bonds is 9. The number of unbranched alkanes of at least 4 members (excludes halogenated alkanes) is 1. The first-order valence-corrected chi connectivity index (χ1v) is 10.5. The third-order valence-electron chi connectivity index (χ3n) is 4.65. The van der Waals surface area contributed by atoms with Crippen LogP contribution in [0.3, 0.4) is 0 Å². The van der Waals surface area contributed by atoms with Gasteiger partial charge in [0.1, 0.15) is 0 Å². The summed E-state index contributed by atoms with van der Waals surface area (Å²) in [6.45, 7) is 10.5. The van der Waals surface area contributed by atoms with E-state index in [1.165, 1.54) is 22.5 Å². The minimum absolute atomic E-state index is 0.00406. The molecule has 0 radical (unpaired) electrons. The van der Waals surface area contributed by atoms with Crippen LogP contribution in [0.2, 0.25) is 0 Å². The maximum atomic E-state index is 12.9. The number of nitrogens with zero attached hydrogens (tertiary/aromatic N) is 2. The summed E-state index contributed by atoms with van der Waals surface area (Å²) in [6, 6.07) is 8.51. The van der Waals surface area contributed by atoms with Gasteiger partial charge in [-0.2, -0.15) is 0 Å². The van der Waals surface area contributed by atoms with Gasteiger partial charge in [-0.3, -0.25) is 14.5 Å². The first kappa shape index (κ1) is 21.3. The monoisotopic (exact) mass is 386 g/mol. The fraction of sp³-hybridized carbons (Fsp3) is 0.500. The summed E-state index contributed by atoms with van der Waals surface area (Å²) in [5, 5.41) is 0.645. The number of anilines is 1. The van der Waals surface area contributed by atoms with E-state index in [0.717, 1.165) is 12.8 Å². The standard InChI is InChI=1S/C22H30N2O2S/c1-6-7-14-24(22-23-16(4)21(27-22)17(5)25)20(26)13-10-18-8-11-19(12-9-18)15(2)3/h8-9,11-12,15H,6-7,10,13-14H2,1-5H3. The van der Waals surface area contributed by atoms with Crippen LogP contribution in [0.4, 0.5) is 5.13 Å². The number of carbonyl (C=O) groups is 2. The molecule has 1 amide bonds. The number of aryl methyl sites for hydroxylation is 2. The first-order chi connectivity index (χ1) is 12.8. The van der Waals surface area contributed by atoms with E-state index < -0.39 is 0 Å². The molecule has 5 heteroatoms. The zero-order valence-electron chi connectivity index (χ0n) is 17.0. The molecule has 0 bridgehead atoms. The lowest BCUT2D eigenvalue weighted by Gasteiger charge is -2.19. The van der Waals surface area contributed by atoms with Crippen LogP contribution in [0.25, 0.3) is 0 Å². The van der Waals surface area contributed by atoms with Crippen LogP contribution in [0.5, 0.6) is 0 Å². The predicted octanol–water partition coefficient (Wildman–Crippen LogP) is 5.54. The smallest absolute Gasteiger partial charge is 0.229 e. The van der Waals surface area contributed by atoms with Gasteiger partial charge in [0.25, 0.3) is 0 Å². The Bertz CT molecular complexity index is 778. The maximum absolute atomic E-state index is 12.9. The number of benzene rings is 1. The van der Waals surface area contributed by atoms with Crippen molar-refractivity contribution in [1.29, 1.82) is 0 Å². The molecule has 0 atom stereocenters. The molecule has 0 fully saturated rings. The van der Waals surface area contributed by atoms with Gasteiger partial charge in [0.15, 0.2) is 10.9 Å². The summed E-state index contributed by atoms with van der Waals surface area (Å²) in [5.41, 5.74) is 3.19. The van der Waals surface area contributed by atoms with Gasteiger partial charge in [-0.25, -0.2) is 4.98 Å². The number of thiazole rings is 1. The summed E-state index contributed by atoms with van der Waals surface area (Å²) in [4.78, 5) is 31.5. The number of Topliss-reactive ketones (excluding diaryl/α,β-unsaturated/α-hetero) is 1. The van der Waals surface area contributed by atoms with Crippen molar-refractivity contribution in [2.24, 2.45) is 0 Å². The summed E-state index contributed by atoms with van der Waals surface area (Å²) in [7, 11) is 0. The Morgan fingerprint density at radius 3 is 2.37 bits per heavy atom. The van der Waals surface area contributed by atoms with Gasteiger partial charge in [0.05, 0.1) is 10.6 Å². The molecule has 1 heterocycles. The van der Waals surface area contributed by atoms with Crippen LogP contribution in [0.1, 0.15) is 79.4 Å². The molecule has 0 N–H and O–H groups in total. The second-order valence-electron chi connectivity index (χ2n) is 7.26. The molecule has 2 aromatic rings. The van der Waals surface area contributed by atoms with Crippen molar-refractivity contribution in [3.63, 3.8) is 0 Å². The Morgan fingerprint density at radius 1 is 1.19 bits per heavy atom. The lowest BCUT2D eigenvalue weighted by atomic mass is 10.0. The van der Waals surface area contributed by atoms with Crippen LogP contribution in [-0.2, 0) is 11.2 Å². The highest BCUT2D eigenvalue weighted by Gasteiger charge is 2.21. The number of aromatic nitrogens is 1. The van der Waals surface area contributed by atoms with E-state index in [1.54, 1.807) is 11.8 Å². The van der Waals surface area contributed by atoms with Crippen molar-refractivity contribution >= 4 is 28.2 Å². The third kappa shape index (κ3) is 5.73. The van der Waals surface area contributed by atoms with E-state index in [2.05, 4.69) is 50.0 Å². The number of hydrogen-bond acceptors (Lipinski definition) is 4. The molecule has 0 aliphatic rings. The highest BCUT2D eigenvalue weighted by atomic mass is 32.1. The summed E-state index contributed by atoms with van der Waals surface area (Å²) >= 11 is 1.33. The number of hydrogen-bond donors (Lipinski definition) is 0. The molecule has 0 spiro atoms. The lowest BCUT2D eigenvalue weighted by Crippen LogP contribution is -2.32. The molecular formula is C22H30N2O2S. The van der Waals surface area contributed by atoms with Crippen LogP contribution in [-0.4, -0.2) is 23.2 Å². The summed E-state index contributed by atoms with van der Waals surface area (Å²) in [6.07, 6.45) is 3.08. The second kappa shape index (κ2) is 9.79. The van der Waals surface area contributed by atoms with Gasteiger partial charge in [0, 0.05) is 19.9 Å². The zero-order chi connectivity index (χ0) is 20.0. The summed E-state index contributed by atoms with van der Waals surface area (Å²) in [5.74, 6) is 0.582. The Labute approximate surface area is 166 Å². The van der Waals surface area contributed by atoms with Crippen molar-refractivity contribution in [3.05, 3.63) is 46.0 Å². The van der Waals surface area contributed by atoms with E-state index in [9.17, 15) is 9.59 Å². The van der Waals surface area contributed by atoms with Crippen molar-refractivity contribution in [2.45, 2.75) is 66.2 Å². The van der Waals surface area contributed by atoms with E-state index in [1.807, 2.05) is 6.92 Å². The van der Waals surface area contributed by atoms with Crippen molar-refractivity contribution in [3.8, 4) is 0 Å². The van der Waals surface area contributed by atoms with E-state index in [4.69, 9.17) is 0 Å². The van der Waals surface area contributed by atoms with Gasteiger partial charge in [0.2, 0.25) is 5.91 Å². The predicted molar refractivity (Wildman–Crippen MR) is 113 cm³/mol. The lowest BCUT2D eigenvalue weighted by molar-refractivity contribution is -0.118. The number of carbonyl (C=O) groups excluding carboxylic acids is 2. The number of amides is 1. The third-order valence-corrected chi connectivity index (χ3v) is 5.93. The first-order valence-electron chi connectivity index (χ1n) is 9.71. The van der Waals surface area contributed by atoms with Crippen LogP contribution in [0.15, 0.2) is 24.3 Å². The van der Waals surface area contributed by atoms with E-state index in [0.29, 0.717) is 41.0 Å². The number of ketones is 1. The minimum Gasteiger partial charge on any atom is -0.294 e. The van der Waals surface area contributed by atoms with Gasteiger partial charge in [-0.15, -0.1) is 0 Å². The molecule has 0 aliphatic carbocycles. The average Bonchev–Trinajstić information content (AvgIpc) is 3.02. The van der Waals surface area contributed by atoms with Crippen LogP contribution < -0.4 is 4.90 Å².